The maximum absolute atomic E-state index is 12.7. The molecule has 0 spiro atoms. The largest absolute Gasteiger partial charge is 0.416 e. The number of hydrogen-bond acceptors (Lipinski definition) is 2. The van der Waals surface area contributed by atoms with Gasteiger partial charge >= 0.3 is 6.18 Å². The number of halogens is 3. The van der Waals surface area contributed by atoms with Crippen molar-refractivity contribution in [3.05, 3.63) is 29.8 Å². The number of hydrazone groups is 1. The number of carbonyl (C=O) groups excluding carboxylic acids is 1. The van der Waals surface area contributed by atoms with Gasteiger partial charge in [0.05, 0.1) is 17.7 Å². The molecule has 0 atom stereocenters. The standard InChI is InChI=1S/C14H15F3N2O/c1-9(2)6-11-8-13(20)19(18-11)12-5-3-4-10(7-12)14(15,16)17/h3-5,7,9H,6,8H2,1-2H3. The van der Waals surface area contributed by atoms with E-state index in [0.29, 0.717) is 18.1 Å². The highest BCUT2D eigenvalue weighted by molar-refractivity contribution is 6.13. The number of anilines is 1. The van der Waals surface area contributed by atoms with Crippen LogP contribution in [0.4, 0.5) is 18.9 Å². The molecular weight excluding hydrogens is 269 g/mol. The minimum absolute atomic E-state index is 0.156. The van der Waals surface area contributed by atoms with E-state index in [1.807, 2.05) is 13.8 Å². The predicted octanol–water partition coefficient (Wildman–Crippen LogP) is 3.84. The lowest BCUT2D eigenvalue weighted by molar-refractivity contribution is -0.137. The summed E-state index contributed by atoms with van der Waals surface area (Å²) in [5.74, 6) is 0.0583. The second-order valence-corrected chi connectivity index (χ2v) is 5.19. The second-order valence-electron chi connectivity index (χ2n) is 5.19. The highest BCUT2D eigenvalue weighted by Crippen LogP contribution is 2.32. The van der Waals surface area contributed by atoms with Crippen LogP contribution in [-0.2, 0) is 11.0 Å². The highest BCUT2D eigenvalue weighted by Gasteiger charge is 2.32. The van der Waals surface area contributed by atoms with E-state index in [-0.39, 0.29) is 18.0 Å². The zero-order chi connectivity index (χ0) is 14.9. The lowest BCUT2D eigenvalue weighted by Gasteiger charge is -2.14. The van der Waals surface area contributed by atoms with Crippen molar-refractivity contribution in [3.63, 3.8) is 0 Å². The van der Waals surface area contributed by atoms with Crippen molar-refractivity contribution in [2.45, 2.75) is 32.9 Å². The minimum atomic E-state index is -4.43. The van der Waals surface area contributed by atoms with E-state index in [1.54, 1.807) is 0 Å². The Morgan fingerprint density at radius 3 is 2.65 bits per heavy atom. The van der Waals surface area contributed by atoms with Gasteiger partial charge in [0.2, 0.25) is 0 Å². The molecule has 0 radical (unpaired) electrons. The molecule has 1 aromatic rings. The van der Waals surface area contributed by atoms with Crippen LogP contribution in [0.1, 0.15) is 32.3 Å². The summed E-state index contributed by atoms with van der Waals surface area (Å²) in [5, 5.41) is 5.20. The Balaban J connectivity index is 2.28. The minimum Gasteiger partial charge on any atom is -0.272 e. The molecule has 0 aliphatic carbocycles. The van der Waals surface area contributed by atoms with E-state index in [2.05, 4.69) is 5.10 Å². The van der Waals surface area contributed by atoms with Crippen molar-refractivity contribution >= 4 is 17.3 Å². The Labute approximate surface area is 115 Å². The lowest BCUT2D eigenvalue weighted by Crippen LogP contribution is -2.20. The Morgan fingerprint density at radius 2 is 2.05 bits per heavy atom. The third-order valence-corrected chi connectivity index (χ3v) is 2.89. The Bertz CT molecular complexity index is 550. The van der Waals surface area contributed by atoms with Gasteiger partial charge in [-0.25, -0.2) is 5.01 Å². The molecule has 2 rings (SSSR count). The van der Waals surface area contributed by atoms with Gasteiger partial charge in [0.25, 0.3) is 5.91 Å². The van der Waals surface area contributed by atoms with Crippen molar-refractivity contribution in [1.29, 1.82) is 0 Å². The highest BCUT2D eigenvalue weighted by atomic mass is 19.4. The van der Waals surface area contributed by atoms with Crippen LogP contribution in [0.2, 0.25) is 0 Å². The summed E-state index contributed by atoms with van der Waals surface area (Å²) >= 11 is 0. The Kier molecular flexibility index (Phi) is 3.83. The molecule has 1 aliphatic heterocycles. The average Bonchev–Trinajstić information content (AvgIpc) is 2.68. The zero-order valence-electron chi connectivity index (χ0n) is 11.2. The topological polar surface area (TPSA) is 32.7 Å². The van der Waals surface area contributed by atoms with Crippen LogP contribution in [0.3, 0.4) is 0 Å². The normalized spacial score (nSPS) is 16.0. The molecule has 108 valence electrons. The molecule has 0 N–H and O–H groups in total. The zero-order valence-corrected chi connectivity index (χ0v) is 11.2. The molecule has 20 heavy (non-hydrogen) atoms. The van der Waals surface area contributed by atoms with E-state index in [1.165, 1.54) is 12.1 Å². The number of amides is 1. The van der Waals surface area contributed by atoms with E-state index in [0.717, 1.165) is 17.1 Å². The molecule has 1 amide bonds. The van der Waals surface area contributed by atoms with Crippen LogP contribution in [-0.4, -0.2) is 11.6 Å². The molecule has 1 heterocycles. The van der Waals surface area contributed by atoms with Crippen molar-refractivity contribution in [2.75, 3.05) is 5.01 Å². The maximum atomic E-state index is 12.7. The van der Waals surface area contributed by atoms with E-state index < -0.39 is 11.7 Å². The van der Waals surface area contributed by atoms with E-state index in [9.17, 15) is 18.0 Å². The number of carbonyl (C=O) groups is 1. The summed E-state index contributed by atoms with van der Waals surface area (Å²) < 4.78 is 38.0. The van der Waals surface area contributed by atoms with Gasteiger partial charge in [-0.1, -0.05) is 19.9 Å². The van der Waals surface area contributed by atoms with Crippen LogP contribution in [0.15, 0.2) is 29.4 Å². The SMILES string of the molecule is CC(C)CC1=NN(c2cccc(C(F)(F)F)c2)C(=O)C1. The summed E-state index contributed by atoms with van der Waals surface area (Å²) in [4.78, 5) is 11.9. The van der Waals surface area contributed by atoms with Gasteiger partial charge in [0.15, 0.2) is 0 Å². The van der Waals surface area contributed by atoms with Crippen LogP contribution in [0.5, 0.6) is 0 Å². The fourth-order valence-electron chi connectivity index (χ4n) is 2.08. The Hall–Kier alpha value is -1.85. The molecule has 1 aromatic carbocycles. The molecule has 0 aromatic heterocycles. The predicted molar refractivity (Wildman–Crippen MR) is 70.4 cm³/mol. The molecular formula is C14H15F3N2O. The van der Waals surface area contributed by atoms with Gasteiger partial charge in [-0.15, -0.1) is 0 Å². The lowest BCUT2D eigenvalue weighted by atomic mass is 10.1. The monoisotopic (exact) mass is 284 g/mol. The molecule has 1 aliphatic rings. The molecule has 0 saturated carbocycles. The van der Waals surface area contributed by atoms with Gasteiger partial charge in [-0.05, 0) is 30.5 Å². The van der Waals surface area contributed by atoms with E-state index >= 15 is 0 Å². The number of alkyl halides is 3. The van der Waals surface area contributed by atoms with Gasteiger partial charge in [-0.3, -0.25) is 4.79 Å². The third-order valence-electron chi connectivity index (χ3n) is 2.89. The maximum Gasteiger partial charge on any atom is 0.416 e. The van der Waals surface area contributed by atoms with Gasteiger partial charge < -0.3 is 0 Å². The van der Waals surface area contributed by atoms with Crippen LogP contribution < -0.4 is 5.01 Å². The fraction of sp³-hybridized carbons (Fsp3) is 0.429. The molecule has 0 unspecified atom stereocenters. The summed E-state index contributed by atoms with van der Waals surface area (Å²) in [6, 6.07) is 4.65. The van der Waals surface area contributed by atoms with Crippen molar-refractivity contribution < 1.29 is 18.0 Å². The van der Waals surface area contributed by atoms with Gasteiger partial charge in [0, 0.05) is 5.71 Å². The number of benzene rings is 1. The van der Waals surface area contributed by atoms with Gasteiger partial charge in [0.1, 0.15) is 0 Å². The number of hydrogen-bond donors (Lipinski definition) is 0. The molecule has 0 bridgehead atoms. The Morgan fingerprint density at radius 1 is 1.35 bits per heavy atom. The first-order chi connectivity index (χ1) is 9.27. The summed E-state index contributed by atoms with van der Waals surface area (Å²) in [5.41, 5.74) is 0.0845. The number of nitrogens with zero attached hydrogens (tertiary/aromatic N) is 2. The summed E-state index contributed by atoms with van der Waals surface area (Å²) in [6.07, 6.45) is -3.58. The van der Waals surface area contributed by atoms with Crippen molar-refractivity contribution in [3.8, 4) is 0 Å². The average molecular weight is 284 g/mol. The molecule has 0 saturated heterocycles. The molecule has 0 fully saturated rings. The summed E-state index contributed by atoms with van der Waals surface area (Å²) in [6.45, 7) is 4.00. The molecule has 3 nitrogen and oxygen atoms in total. The van der Waals surface area contributed by atoms with Crippen LogP contribution in [0, 0.1) is 5.92 Å². The fourth-order valence-corrected chi connectivity index (χ4v) is 2.08. The summed E-state index contributed by atoms with van der Waals surface area (Å²) in [7, 11) is 0. The first kappa shape index (κ1) is 14.6. The first-order valence-electron chi connectivity index (χ1n) is 6.34. The van der Waals surface area contributed by atoms with Gasteiger partial charge in [-0.2, -0.15) is 18.3 Å². The van der Waals surface area contributed by atoms with Crippen molar-refractivity contribution in [2.24, 2.45) is 11.0 Å². The second kappa shape index (κ2) is 5.26. The van der Waals surface area contributed by atoms with E-state index in [4.69, 9.17) is 0 Å². The first-order valence-corrected chi connectivity index (χ1v) is 6.34. The smallest absolute Gasteiger partial charge is 0.272 e. The van der Waals surface area contributed by atoms with Crippen LogP contribution in [0.25, 0.3) is 0 Å². The third kappa shape index (κ3) is 3.18. The quantitative estimate of drug-likeness (QED) is 0.830. The number of rotatable bonds is 3. The van der Waals surface area contributed by atoms with Crippen molar-refractivity contribution in [1.82, 2.24) is 0 Å². The molecule has 6 heteroatoms. The van der Waals surface area contributed by atoms with Crippen LogP contribution >= 0.6 is 0 Å².